The lowest BCUT2D eigenvalue weighted by molar-refractivity contribution is -0.141. The van der Waals surface area contributed by atoms with Crippen LogP contribution in [0.15, 0.2) is 0 Å². The van der Waals surface area contributed by atoms with Gasteiger partial charge in [-0.15, -0.1) is 0 Å². The van der Waals surface area contributed by atoms with Crippen LogP contribution in [0.5, 0.6) is 0 Å². The average molecular weight is 358 g/mol. The van der Waals surface area contributed by atoms with Gasteiger partial charge in [-0.3, -0.25) is 9.59 Å². The van der Waals surface area contributed by atoms with E-state index in [4.69, 9.17) is 9.47 Å². The van der Waals surface area contributed by atoms with Crippen molar-refractivity contribution in [3.8, 4) is 0 Å². The number of hydrogen-bond donors (Lipinski definition) is 2. The van der Waals surface area contributed by atoms with Gasteiger partial charge in [-0.25, -0.2) is 4.79 Å². The van der Waals surface area contributed by atoms with Gasteiger partial charge in [-0.05, 0) is 47.0 Å². The molecule has 1 saturated heterocycles. The Morgan fingerprint density at radius 2 is 1.80 bits per heavy atom. The topological polar surface area (TPSA) is 103 Å². The van der Waals surface area contributed by atoms with Gasteiger partial charge in [-0.1, -0.05) is 0 Å². The number of carbonyl (C=O) groups excluding carboxylic acids is 3. The summed E-state index contributed by atoms with van der Waals surface area (Å²) in [7, 11) is 1.28. The van der Waals surface area contributed by atoms with Crippen molar-refractivity contribution in [3.63, 3.8) is 0 Å². The monoisotopic (exact) mass is 358 g/mol. The number of rotatable bonds is 6. The van der Waals surface area contributed by atoms with Gasteiger partial charge < -0.3 is 24.8 Å². The quantitative estimate of drug-likeness (QED) is 0.698. The summed E-state index contributed by atoms with van der Waals surface area (Å²) in [6, 6.07) is -0.881. The second kappa shape index (κ2) is 9.03. The third-order valence-electron chi connectivity index (χ3n) is 3.89. The van der Waals surface area contributed by atoms with E-state index in [1.54, 1.807) is 20.8 Å². The average Bonchev–Trinajstić information content (AvgIpc) is 2.49. The minimum absolute atomic E-state index is 0.0181. The van der Waals surface area contributed by atoms with Crippen LogP contribution >= 0.6 is 0 Å². The Morgan fingerprint density at radius 3 is 2.32 bits per heavy atom. The van der Waals surface area contributed by atoms with Crippen LogP contribution in [0.2, 0.25) is 0 Å². The zero-order chi connectivity index (χ0) is 19.1. The van der Waals surface area contributed by atoms with Crippen LogP contribution in [0.3, 0.4) is 0 Å². The maximum absolute atomic E-state index is 12.6. The molecule has 8 nitrogen and oxygen atoms in total. The highest BCUT2D eigenvalue weighted by Gasteiger charge is 2.33. The predicted octanol–water partition coefficient (Wildman–Crippen LogP) is 1.52. The Bertz CT molecular complexity index is 480. The number of carbonyl (C=O) groups is 3. The molecule has 1 heterocycles. The standard InChI is InChI=1S/C17H30N2O6/c1-16(2,3)25-15(22)18-12(6-7-13(20)23-5)14(21)19-17(4)8-10-24-11-9-17/h12H,6-11H2,1-5H3,(H,18,22)(H,19,21). The van der Waals surface area contributed by atoms with Gasteiger partial charge in [0.05, 0.1) is 7.11 Å². The number of ether oxygens (including phenoxy) is 3. The number of alkyl carbamates (subject to hydrolysis) is 1. The van der Waals surface area contributed by atoms with Crippen LogP contribution in [-0.4, -0.2) is 55.5 Å². The zero-order valence-corrected chi connectivity index (χ0v) is 15.8. The highest BCUT2D eigenvalue weighted by molar-refractivity contribution is 5.86. The lowest BCUT2D eigenvalue weighted by atomic mass is 9.92. The summed E-state index contributed by atoms with van der Waals surface area (Å²) in [5.41, 5.74) is -1.07. The van der Waals surface area contributed by atoms with E-state index in [0.29, 0.717) is 26.1 Å². The van der Waals surface area contributed by atoms with Crippen molar-refractivity contribution < 1.29 is 28.6 Å². The highest BCUT2D eigenvalue weighted by Crippen LogP contribution is 2.20. The van der Waals surface area contributed by atoms with Crippen LogP contribution in [0.25, 0.3) is 0 Å². The Hall–Kier alpha value is -1.83. The summed E-state index contributed by atoms with van der Waals surface area (Å²) in [5.74, 6) is -0.791. The minimum atomic E-state index is -0.881. The van der Waals surface area contributed by atoms with Crippen molar-refractivity contribution in [3.05, 3.63) is 0 Å². The molecule has 1 atom stereocenters. The van der Waals surface area contributed by atoms with E-state index in [9.17, 15) is 14.4 Å². The summed E-state index contributed by atoms with van der Waals surface area (Å²) in [5, 5.41) is 5.51. The van der Waals surface area contributed by atoms with E-state index < -0.39 is 29.2 Å². The van der Waals surface area contributed by atoms with Crippen LogP contribution in [0, 0.1) is 0 Å². The molecule has 1 rings (SSSR count). The normalized spacial score (nSPS) is 18.0. The summed E-state index contributed by atoms with van der Waals surface area (Å²) in [6.45, 7) is 8.29. The fourth-order valence-corrected chi connectivity index (χ4v) is 2.41. The minimum Gasteiger partial charge on any atom is -0.469 e. The summed E-state index contributed by atoms with van der Waals surface area (Å²) < 4.78 is 15.1. The van der Waals surface area contributed by atoms with E-state index in [-0.39, 0.29) is 18.7 Å². The molecule has 0 bridgehead atoms. The molecule has 1 aliphatic rings. The first-order valence-electron chi connectivity index (χ1n) is 8.51. The van der Waals surface area contributed by atoms with Gasteiger partial charge in [0.15, 0.2) is 0 Å². The molecule has 8 heteroatoms. The lowest BCUT2D eigenvalue weighted by Crippen LogP contribution is -2.56. The molecule has 0 aromatic heterocycles. The smallest absolute Gasteiger partial charge is 0.408 e. The molecular formula is C17H30N2O6. The van der Waals surface area contributed by atoms with Gasteiger partial charge in [0.1, 0.15) is 11.6 Å². The number of amides is 2. The Balaban J connectivity index is 2.72. The van der Waals surface area contributed by atoms with Gasteiger partial charge in [0.25, 0.3) is 0 Å². The van der Waals surface area contributed by atoms with E-state index in [1.807, 2.05) is 6.92 Å². The molecule has 1 unspecified atom stereocenters. The highest BCUT2D eigenvalue weighted by atomic mass is 16.6. The SMILES string of the molecule is COC(=O)CCC(NC(=O)OC(C)(C)C)C(=O)NC1(C)CCOCC1. The van der Waals surface area contributed by atoms with Crippen molar-refractivity contribution in [2.45, 2.75) is 70.6 Å². The Kier molecular flexibility index (Phi) is 7.66. The largest absolute Gasteiger partial charge is 0.469 e. The van der Waals surface area contributed by atoms with Crippen LogP contribution < -0.4 is 10.6 Å². The lowest BCUT2D eigenvalue weighted by Gasteiger charge is -2.35. The zero-order valence-electron chi connectivity index (χ0n) is 15.8. The van der Waals surface area contributed by atoms with Gasteiger partial charge in [0, 0.05) is 25.2 Å². The first-order valence-corrected chi connectivity index (χ1v) is 8.51. The molecule has 144 valence electrons. The summed E-state index contributed by atoms with van der Waals surface area (Å²) in [4.78, 5) is 36.0. The van der Waals surface area contributed by atoms with Crippen LogP contribution in [-0.2, 0) is 23.8 Å². The van der Waals surface area contributed by atoms with Crippen molar-refractivity contribution in [1.29, 1.82) is 0 Å². The molecular weight excluding hydrogens is 328 g/mol. The number of hydrogen-bond acceptors (Lipinski definition) is 6. The van der Waals surface area contributed by atoms with E-state index >= 15 is 0 Å². The maximum atomic E-state index is 12.6. The van der Waals surface area contributed by atoms with Crippen LogP contribution in [0.4, 0.5) is 4.79 Å². The van der Waals surface area contributed by atoms with E-state index in [0.717, 1.165) is 0 Å². The molecule has 0 radical (unpaired) electrons. The Labute approximate surface area is 148 Å². The number of nitrogens with one attached hydrogen (secondary N) is 2. The van der Waals surface area contributed by atoms with E-state index in [1.165, 1.54) is 7.11 Å². The molecule has 2 N–H and O–H groups in total. The Morgan fingerprint density at radius 1 is 1.20 bits per heavy atom. The van der Waals surface area contributed by atoms with Gasteiger partial charge in [0.2, 0.25) is 5.91 Å². The first-order chi connectivity index (χ1) is 11.5. The van der Waals surface area contributed by atoms with Crippen molar-refractivity contribution in [2.75, 3.05) is 20.3 Å². The molecule has 0 aromatic carbocycles. The molecule has 1 fully saturated rings. The molecule has 0 saturated carbocycles. The third-order valence-corrected chi connectivity index (χ3v) is 3.89. The van der Waals surface area contributed by atoms with E-state index in [2.05, 4.69) is 15.4 Å². The fraction of sp³-hybridized carbons (Fsp3) is 0.824. The molecule has 0 spiro atoms. The van der Waals surface area contributed by atoms with Gasteiger partial charge in [-0.2, -0.15) is 0 Å². The number of esters is 1. The van der Waals surface area contributed by atoms with Crippen molar-refractivity contribution in [1.82, 2.24) is 10.6 Å². The predicted molar refractivity (Wildman–Crippen MR) is 91.0 cm³/mol. The third kappa shape index (κ3) is 8.20. The number of methoxy groups -OCH3 is 1. The first kappa shape index (κ1) is 21.2. The molecule has 2 amide bonds. The van der Waals surface area contributed by atoms with Crippen molar-refractivity contribution in [2.24, 2.45) is 0 Å². The summed E-state index contributed by atoms with van der Waals surface area (Å²) >= 11 is 0. The fourth-order valence-electron chi connectivity index (χ4n) is 2.41. The molecule has 0 aromatic rings. The second-order valence-electron chi connectivity index (χ2n) is 7.48. The van der Waals surface area contributed by atoms with Crippen LogP contribution in [0.1, 0.15) is 53.4 Å². The van der Waals surface area contributed by atoms with Gasteiger partial charge >= 0.3 is 12.1 Å². The second-order valence-corrected chi connectivity index (χ2v) is 7.48. The molecule has 0 aliphatic carbocycles. The summed E-state index contributed by atoms with van der Waals surface area (Å²) in [6.07, 6.45) is 0.827. The molecule has 1 aliphatic heterocycles. The molecule has 25 heavy (non-hydrogen) atoms. The van der Waals surface area contributed by atoms with Crippen molar-refractivity contribution >= 4 is 18.0 Å². The maximum Gasteiger partial charge on any atom is 0.408 e.